The van der Waals surface area contributed by atoms with Gasteiger partial charge in [-0.25, -0.2) is 0 Å². The zero-order chi connectivity index (χ0) is 35.8. The SMILES string of the molecule is CC1(C)c2c[c-]c(-c3ccccn3)cc2C(C)(C)C1(C)C.Cc1cc(-c2[c-]cc3c(c2)C(C)(C)C(C)(C)C3(C)C)ncc1-c1ccccc1.[Ir].[Ir]. The first-order valence-corrected chi connectivity index (χ1v) is 17.8. The predicted octanol–water partition coefficient (Wildman–Crippen LogP) is 12.3. The maximum atomic E-state index is 4.80. The molecule has 0 bridgehead atoms. The first-order valence-electron chi connectivity index (χ1n) is 17.8. The minimum Gasteiger partial charge on any atom is -0.305 e. The molecule has 0 saturated carbocycles. The normalized spacial score (nSPS) is 18.9. The third-order valence-corrected chi connectivity index (χ3v) is 14.3. The van der Waals surface area contributed by atoms with Crippen LogP contribution in [-0.2, 0) is 61.9 Å². The predicted molar refractivity (Wildman–Crippen MR) is 207 cm³/mol. The second-order valence-corrected chi connectivity index (χ2v) is 17.6. The molecule has 0 amide bonds. The molecule has 3 aromatic carbocycles. The number of pyridine rings is 2. The van der Waals surface area contributed by atoms with Crippen molar-refractivity contribution in [2.75, 3.05) is 0 Å². The van der Waals surface area contributed by atoms with Gasteiger partial charge >= 0.3 is 0 Å². The third-order valence-electron chi connectivity index (χ3n) is 14.3. The van der Waals surface area contributed by atoms with Gasteiger partial charge in [-0.15, -0.1) is 69.8 Å². The van der Waals surface area contributed by atoms with Gasteiger partial charge in [-0.05, 0) is 68.0 Å². The van der Waals surface area contributed by atoms with Crippen LogP contribution in [0.3, 0.4) is 0 Å². The van der Waals surface area contributed by atoms with Crippen LogP contribution in [0.1, 0.15) is 111 Å². The monoisotopic (exact) mass is 1030 g/mol. The number of fused-ring (bicyclic) bond motifs is 2. The Bertz CT molecular complexity index is 2020. The van der Waals surface area contributed by atoms with Gasteiger partial charge in [0.05, 0.1) is 0 Å². The van der Waals surface area contributed by atoms with Crippen LogP contribution in [0.25, 0.3) is 33.6 Å². The summed E-state index contributed by atoms with van der Waals surface area (Å²) in [6.45, 7) is 30.6. The van der Waals surface area contributed by atoms with Crippen molar-refractivity contribution < 1.29 is 40.2 Å². The summed E-state index contributed by atoms with van der Waals surface area (Å²) in [7, 11) is 0. The molecule has 5 aromatic rings. The number of rotatable bonds is 3. The number of hydrogen-bond acceptors (Lipinski definition) is 2. The zero-order valence-corrected chi connectivity index (χ0v) is 37.5. The summed E-state index contributed by atoms with van der Waals surface area (Å²) in [5.41, 5.74) is 14.4. The van der Waals surface area contributed by atoms with E-state index in [1.165, 1.54) is 38.9 Å². The van der Waals surface area contributed by atoms with Crippen LogP contribution in [0.5, 0.6) is 0 Å². The van der Waals surface area contributed by atoms with Gasteiger partial charge in [0.25, 0.3) is 0 Å². The summed E-state index contributed by atoms with van der Waals surface area (Å²) in [6.07, 6.45) is 3.84. The molecular weight excluding hydrogens is 977 g/mol. The van der Waals surface area contributed by atoms with E-state index >= 15 is 0 Å². The van der Waals surface area contributed by atoms with E-state index in [2.05, 4.69) is 168 Å². The van der Waals surface area contributed by atoms with Crippen LogP contribution in [0.2, 0.25) is 0 Å². The molecule has 0 unspecified atom stereocenters. The largest absolute Gasteiger partial charge is 0.305 e. The van der Waals surface area contributed by atoms with Gasteiger partial charge in [-0.1, -0.05) is 132 Å². The smallest absolute Gasteiger partial charge is 0.0242 e. The second kappa shape index (κ2) is 13.9. The summed E-state index contributed by atoms with van der Waals surface area (Å²) in [4.78, 5) is 9.26. The first kappa shape index (κ1) is 41.0. The van der Waals surface area contributed by atoms with E-state index in [1.54, 1.807) is 0 Å². The summed E-state index contributed by atoms with van der Waals surface area (Å²) in [5.74, 6) is 0. The van der Waals surface area contributed by atoms with Gasteiger partial charge in [0, 0.05) is 58.2 Å². The van der Waals surface area contributed by atoms with Gasteiger partial charge in [-0.2, -0.15) is 0 Å². The van der Waals surface area contributed by atoms with Crippen molar-refractivity contribution >= 4 is 0 Å². The Balaban J connectivity index is 0.000000228. The number of nitrogens with zero attached hydrogens (tertiary/aromatic N) is 2. The number of aryl methyl sites for hydroxylation is 1. The molecule has 4 heteroatoms. The Labute approximate surface area is 335 Å². The van der Waals surface area contributed by atoms with E-state index in [1.807, 2.05) is 30.6 Å². The average molecular weight is 1030 g/mol. The van der Waals surface area contributed by atoms with Crippen LogP contribution in [-0.4, -0.2) is 9.97 Å². The summed E-state index contributed by atoms with van der Waals surface area (Å²) in [6, 6.07) is 34.7. The van der Waals surface area contributed by atoms with Crippen molar-refractivity contribution in [3.8, 4) is 33.6 Å². The molecule has 0 spiro atoms. The molecule has 2 nitrogen and oxygen atoms in total. The second-order valence-electron chi connectivity index (χ2n) is 17.6. The van der Waals surface area contributed by atoms with Crippen LogP contribution in [0.15, 0.2) is 91.3 Å². The Hall–Kier alpha value is -2.74. The van der Waals surface area contributed by atoms with Gasteiger partial charge in [0.15, 0.2) is 0 Å². The number of hydrogen-bond donors (Lipinski definition) is 0. The fourth-order valence-corrected chi connectivity index (χ4v) is 8.40. The maximum absolute atomic E-state index is 4.80. The van der Waals surface area contributed by atoms with E-state index < -0.39 is 0 Å². The quantitative estimate of drug-likeness (QED) is 0.168. The van der Waals surface area contributed by atoms with Crippen molar-refractivity contribution in [3.63, 3.8) is 0 Å². The molecular formula is C47H54Ir2N2-2. The Morgan fingerprint density at radius 2 is 0.941 bits per heavy atom. The standard InChI is InChI=1S/C27H30N.C20H24N.2Ir/c1-18-15-24(28-17-21(18)19-11-9-8-10-12-19)20-13-14-22-23(16-20)26(4,5)27(6,7)25(22,2)3;1-18(2)15-11-10-14(17-9-7-8-12-21-17)13-16(15)19(3,4)20(18,5)6;;/h8-12,14-17H,1-7H3;7-9,11-13H,1-6H3;;/q2*-1;;. The number of aromatic nitrogens is 2. The molecule has 0 fully saturated rings. The molecule has 2 radical (unpaired) electrons. The van der Waals surface area contributed by atoms with Crippen molar-refractivity contribution in [3.05, 3.63) is 131 Å². The van der Waals surface area contributed by atoms with Crippen molar-refractivity contribution in [2.45, 2.75) is 112 Å². The van der Waals surface area contributed by atoms with Crippen molar-refractivity contribution in [2.24, 2.45) is 10.8 Å². The van der Waals surface area contributed by atoms with Gasteiger partial charge in [-0.3, -0.25) is 0 Å². The zero-order valence-electron chi connectivity index (χ0n) is 32.7. The molecule has 2 aliphatic rings. The third kappa shape index (κ3) is 6.27. The minimum absolute atomic E-state index is 0. The summed E-state index contributed by atoms with van der Waals surface area (Å²) < 4.78 is 0. The topological polar surface area (TPSA) is 25.8 Å². The molecule has 2 aliphatic carbocycles. The number of benzene rings is 3. The Morgan fingerprint density at radius 1 is 0.490 bits per heavy atom. The van der Waals surface area contributed by atoms with E-state index in [9.17, 15) is 0 Å². The molecule has 0 saturated heterocycles. The van der Waals surface area contributed by atoms with Crippen molar-refractivity contribution in [1.82, 2.24) is 9.97 Å². The first-order chi connectivity index (χ1) is 22.8. The maximum Gasteiger partial charge on any atom is 0.0242 e. The molecule has 2 heterocycles. The van der Waals surface area contributed by atoms with Crippen LogP contribution in [0.4, 0.5) is 0 Å². The summed E-state index contributed by atoms with van der Waals surface area (Å²) in [5, 5.41) is 0. The van der Waals surface area contributed by atoms with Gasteiger partial charge < -0.3 is 9.97 Å². The van der Waals surface area contributed by atoms with Crippen LogP contribution >= 0.6 is 0 Å². The molecule has 2 aromatic heterocycles. The minimum atomic E-state index is 0. The fraction of sp³-hybridized carbons (Fsp3) is 0.404. The average Bonchev–Trinajstić information content (AvgIpc) is 3.25. The van der Waals surface area contributed by atoms with Gasteiger partial charge in [0.2, 0.25) is 0 Å². The van der Waals surface area contributed by atoms with Crippen molar-refractivity contribution in [1.29, 1.82) is 0 Å². The summed E-state index contributed by atoms with van der Waals surface area (Å²) >= 11 is 0. The fourth-order valence-electron chi connectivity index (χ4n) is 8.40. The molecule has 0 atom stereocenters. The molecule has 272 valence electrons. The van der Waals surface area contributed by atoms with Crippen LogP contribution < -0.4 is 0 Å². The van der Waals surface area contributed by atoms with E-state index in [0.29, 0.717) is 0 Å². The van der Waals surface area contributed by atoms with E-state index in [-0.39, 0.29) is 72.7 Å². The molecule has 51 heavy (non-hydrogen) atoms. The van der Waals surface area contributed by atoms with E-state index in [0.717, 1.165) is 22.5 Å². The Morgan fingerprint density at radius 3 is 1.39 bits per heavy atom. The molecule has 0 N–H and O–H groups in total. The molecule has 0 aliphatic heterocycles. The van der Waals surface area contributed by atoms with Gasteiger partial charge in [0.1, 0.15) is 0 Å². The molecule has 7 rings (SSSR count). The Kier molecular flexibility index (Phi) is 11.2. The van der Waals surface area contributed by atoms with Crippen LogP contribution in [0, 0.1) is 29.9 Å². The van der Waals surface area contributed by atoms with E-state index in [4.69, 9.17) is 4.98 Å².